The van der Waals surface area contributed by atoms with Crippen molar-refractivity contribution < 1.29 is 17.9 Å². The van der Waals surface area contributed by atoms with Gasteiger partial charge in [-0.15, -0.1) is 0 Å². The van der Waals surface area contributed by atoms with E-state index >= 15 is 0 Å². The molecular weight excluding hydrogens is 419 g/mol. The Labute approximate surface area is 188 Å². The van der Waals surface area contributed by atoms with Gasteiger partial charge in [0, 0.05) is 45.1 Å². The molecule has 2 aliphatic heterocycles. The lowest BCUT2D eigenvalue weighted by Crippen LogP contribution is -2.52. The molecule has 176 valence electrons. The third-order valence-corrected chi connectivity index (χ3v) is 4.91. The number of pyridine rings is 1. The van der Waals surface area contributed by atoms with Crippen LogP contribution in [0.5, 0.6) is 0 Å². The third kappa shape index (κ3) is 8.97. The quantitative estimate of drug-likeness (QED) is 0.329. The number of aromatic nitrogens is 1. The zero-order valence-corrected chi connectivity index (χ0v) is 19.0. The van der Waals surface area contributed by atoms with Gasteiger partial charge in [0.15, 0.2) is 0 Å². The van der Waals surface area contributed by atoms with Gasteiger partial charge >= 0.3 is 6.18 Å². The van der Waals surface area contributed by atoms with Crippen molar-refractivity contribution >= 4 is 11.9 Å². The predicted octanol–water partition coefficient (Wildman–Crippen LogP) is 3.43. The molecule has 0 bridgehead atoms. The van der Waals surface area contributed by atoms with Crippen molar-refractivity contribution in [3.8, 4) is 11.8 Å². The summed E-state index contributed by atoms with van der Waals surface area (Å²) >= 11 is 0. The lowest BCUT2D eigenvalue weighted by Gasteiger charge is -2.44. The molecule has 9 heteroatoms. The van der Waals surface area contributed by atoms with Gasteiger partial charge < -0.3 is 10.6 Å². The smallest absolute Gasteiger partial charge is 0.381 e. The maximum absolute atomic E-state index is 12.9. The Morgan fingerprint density at radius 3 is 2.44 bits per heavy atom. The van der Waals surface area contributed by atoms with Gasteiger partial charge in [-0.3, -0.25) is 14.9 Å². The molecule has 3 heterocycles. The first-order chi connectivity index (χ1) is 15.1. The first-order valence-corrected chi connectivity index (χ1v) is 10.7. The number of aliphatic imine (C=N–C) groups is 1. The number of ether oxygens (including phenoxy) is 1. The number of hydrogen-bond donors (Lipinski definition) is 1. The van der Waals surface area contributed by atoms with Gasteiger partial charge in [-0.25, -0.2) is 0 Å². The van der Waals surface area contributed by atoms with Crippen LogP contribution in [0.3, 0.4) is 0 Å². The Bertz CT molecular complexity index is 845. The summed E-state index contributed by atoms with van der Waals surface area (Å²) in [7, 11) is 1.48. The van der Waals surface area contributed by atoms with E-state index in [0.29, 0.717) is 17.5 Å². The number of alkyl halides is 3. The fourth-order valence-corrected chi connectivity index (χ4v) is 3.65. The lowest BCUT2D eigenvalue weighted by molar-refractivity contribution is -0.127. The van der Waals surface area contributed by atoms with Gasteiger partial charge in [0.2, 0.25) is 0 Å². The Hall–Kier alpha value is -2.44. The molecular formula is C23H32F3N5O. The topological polar surface area (TPSA) is 76.1 Å². The molecule has 32 heavy (non-hydrogen) atoms. The summed E-state index contributed by atoms with van der Waals surface area (Å²) in [6.45, 7) is 8.87. The van der Waals surface area contributed by atoms with Crippen LogP contribution in [0.1, 0.15) is 49.9 Å². The minimum Gasteiger partial charge on any atom is -0.381 e. The van der Waals surface area contributed by atoms with Gasteiger partial charge in [0.25, 0.3) is 0 Å². The predicted molar refractivity (Wildman–Crippen MR) is 121 cm³/mol. The lowest BCUT2D eigenvalue weighted by atomic mass is 9.84. The van der Waals surface area contributed by atoms with E-state index in [0.717, 1.165) is 26.3 Å². The fourth-order valence-electron chi connectivity index (χ4n) is 3.65. The second kappa shape index (κ2) is 12.0. The highest BCUT2D eigenvalue weighted by molar-refractivity contribution is 6.37. The zero-order valence-electron chi connectivity index (χ0n) is 19.0. The minimum atomic E-state index is -4.38. The molecule has 2 saturated heterocycles. The molecule has 0 saturated carbocycles. The van der Waals surface area contributed by atoms with Gasteiger partial charge in [-0.1, -0.05) is 25.7 Å². The Kier molecular flexibility index (Phi) is 9.66. The molecule has 2 N–H and O–H groups in total. The largest absolute Gasteiger partial charge is 0.393 e. The summed E-state index contributed by atoms with van der Waals surface area (Å²) < 4.78 is 43.8. The van der Waals surface area contributed by atoms with E-state index in [-0.39, 0.29) is 17.0 Å². The molecule has 0 unspecified atom stereocenters. The average molecular weight is 452 g/mol. The number of rotatable bonds is 4. The molecule has 0 atom stereocenters. The SMILES string of the molecule is C1CCOCC1.CN=C/C(=N\N)c1ncc(C#CCN2CC(C)(C)C2)cc1CC(F)(F)F. The van der Waals surface area contributed by atoms with Crippen LogP contribution in [-0.2, 0) is 11.2 Å². The summed E-state index contributed by atoms with van der Waals surface area (Å²) in [5.41, 5.74) is 0.861. The summed E-state index contributed by atoms with van der Waals surface area (Å²) in [5.74, 6) is 11.1. The van der Waals surface area contributed by atoms with E-state index in [1.54, 1.807) is 0 Å². The van der Waals surface area contributed by atoms with Crippen LogP contribution in [0, 0.1) is 17.3 Å². The van der Waals surface area contributed by atoms with Crippen LogP contribution in [0.4, 0.5) is 13.2 Å². The number of hydrazone groups is 1. The van der Waals surface area contributed by atoms with Crippen molar-refractivity contribution in [1.82, 2.24) is 9.88 Å². The second-order valence-corrected chi connectivity index (χ2v) is 8.71. The summed E-state index contributed by atoms with van der Waals surface area (Å²) in [5, 5.41) is 3.48. The van der Waals surface area contributed by atoms with Crippen molar-refractivity contribution in [2.75, 3.05) is 39.9 Å². The highest BCUT2D eigenvalue weighted by Gasteiger charge is 2.33. The van der Waals surface area contributed by atoms with Crippen LogP contribution in [0.2, 0.25) is 0 Å². The van der Waals surface area contributed by atoms with Crippen molar-refractivity contribution in [1.29, 1.82) is 0 Å². The highest BCUT2D eigenvalue weighted by atomic mass is 19.4. The zero-order chi connectivity index (χ0) is 23.6. The standard InChI is InChI=1S/C18H22F3N5.C5H10O/c1-17(2)11-26(12-17)6-4-5-13-7-14(8-18(19,20)21)16(24-9-13)15(25-22)10-23-3;1-2-4-6-5-3-1/h7,9-10H,6,8,11-12,22H2,1-3H3;1-5H2/b23-10?,25-15+;. The van der Waals surface area contributed by atoms with Gasteiger partial charge in [-0.05, 0) is 36.3 Å². The first-order valence-electron chi connectivity index (χ1n) is 10.7. The highest BCUT2D eigenvalue weighted by Crippen LogP contribution is 2.27. The monoisotopic (exact) mass is 451 g/mol. The van der Waals surface area contributed by atoms with Crippen LogP contribution in [-0.4, -0.2) is 67.9 Å². The fraction of sp³-hybridized carbons (Fsp3) is 0.609. The normalized spacial score (nSPS) is 18.9. The maximum Gasteiger partial charge on any atom is 0.393 e. The van der Waals surface area contributed by atoms with Gasteiger partial charge in [-0.2, -0.15) is 18.3 Å². The van der Waals surface area contributed by atoms with E-state index < -0.39 is 12.6 Å². The number of likely N-dealkylation sites (tertiary alicyclic amines) is 1. The molecule has 2 aliphatic rings. The summed E-state index contributed by atoms with van der Waals surface area (Å²) in [6, 6.07) is 1.39. The van der Waals surface area contributed by atoms with Crippen molar-refractivity contribution in [3.05, 3.63) is 29.1 Å². The number of nitrogens with zero attached hydrogens (tertiary/aromatic N) is 4. The molecule has 3 rings (SSSR count). The van der Waals surface area contributed by atoms with Crippen molar-refractivity contribution in [2.45, 2.75) is 45.7 Å². The molecule has 2 fully saturated rings. The number of nitrogens with two attached hydrogens (primary N) is 1. The molecule has 1 aromatic rings. The molecule has 1 aromatic heterocycles. The average Bonchev–Trinajstić information content (AvgIpc) is 2.72. The Morgan fingerprint density at radius 2 is 1.97 bits per heavy atom. The van der Waals surface area contributed by atoms with Crippen molar-refractivity contribution in [3.63, 3.8) is 0 Å². The molecule has 0 radical (unpaired) electrons. The van der Waals surface area contributed by atoms with E-state index in [9.17, 15) is 13.2 Å². The van der Waals surface area contributed by atoms with Gasteiger partial charge in [0.05, 0.1) is 24.9 Å². The van der Waals surface area contributed by atoms with E-state index in [4.69, 9.17) is 10.6 Å². The molecule has 6 nitrogen and oxygen atoms in total. The van der Waals surface area contributed by atoms with Crippen molar-refractivity contribution in [2.24, 2.45) is 21.4 Å². The third-order valence-electron chi connectivity index (χ3n) is 4.91. The molecule has 0 aromatic carbocycles. The van der Waals surface area contributed by atoms with Crippen LogP contribution >= 0.6 is 0 Å². The van der Waals surface area contributed by atoms with E-state index in [1.165, 1.54) is 44.8 Å². The first kappa shape index (κ1) is 25.8. The van der Waals surface area contributed by atoms with Crippen LogP contribution in [0.25, 0.3) is 0 Å². The van der Waals surface area contributed by atoms with Crippen LogP contribution in [0.15, 0.2) is 22.4 Å². The molecule has 0 aliphatic carbocycles. The van der Waals surface area contributed by atoms with Gasteiger partial charge in [0.1, 0.15) is 5.71 Å². The molecule has 0 amide bonds. The molecule has 0 spiro atoms. The Balaban J connectivity index is 0.000000520. The van der Waals surface area contributed by atoms with Crippen LogP contribution < -0.4 is 5.84 Å². The summed E-state index contributed by atoms with van der Waals surface area (Å²) in [6.07, 6.45) is 1.12. The van der Waals surface area contributed by atoms with E-state index in [2.05, 4.69) is 45.7 Å². The Morgan fingerprint density at radius 1 is 1.28 bits per heavy atom. The number of hydrogen-bond acceptors (Lipinski definition) is 6. The maximum atomic E-state index is 12.9. The number of halogens is 3. The van der Waals surface area contributed by atoms with E-state index in [1.807, 2.05) is 0 Å². The second-order valence-electron chi connectivity index (χ2n) is 8.71. The summed E-state index contributed by atoms with van der Waals surface area (Å²) in [4.78, 5) is 10.0. The minimum absolute atomic E-state index is 0.0292.